The van der Waals surface area contributed by atoms with Crippen LogP contribution in [0.15, 0.2) is 0 Å². The molecular formula is C28H56O8Si2. The molecule has 10 atom stereocenters. The summed E-state index contributed by atoms with van der Waals surface area (Å²) in [7, 11) is -3.72. The van der Waals surface area contributed by atoms with Gasteiger partial charge in [0.1, 0.15) is 0 Å². The average Bonchev–Trinajstić information content (AvgIpc) is 3.51. The maximum atomic E-state index is 9.84. The van der Waals surface area contributed by atoms with Crippen molar-refractivity contribution in [1.29, 1.82) is 0 Å². The molecule has 38 heavy (non-hydrogen) atoms. The first kappa shape index (κ1) is 32.6. The summed E-state index contributed by atoms with van der Waals surface area (Å²) < 4.78 is 23.7. The van der Waals surface area contributed by atoms with E-state index in [1.165, 1.54) is 0 Å². The molecule has 4 aliphatic rings. The first-order valence-electron chi connectivity index (χ1n) is 14.5. The zero-order chi connectivity index (χ0) is 28.8. The molecule has 4 fully saturated rings. The minimum absolute atomic E-state index is 0.0352. The average molecular weight is 577 g/mol. The maximum absolute atomic E-state index is 9.84. The van der Waals surface area contributed by atoms with Gasteiger partial charge in [0.15, 0.2) is 29.2 Å². The molecule has 4 rings (SSSR count). The molecule has 0 amide bonds. The summed E-state index contributed by atoms with van der Waals surface area (Å²) in [5, 5.41) is 39.2. The Bertz CT molecular complexity index is 716. The second-order valence-electron chi connectivity index (χ2n) is 15.1. The quantitative estimate of drug-likeness (QED) is 0.351. The van der Waals surface area contributed by atoms with E-state index in [2.05, 4.69) is 67.7 Å². The van der Waals surface area contributed by atoms with Crippen molar-refractivity contribution in [1.82, 2.24) is 0 Å². The van der Waals surface area contributed by atoms with Gasteiger partial charge in [-0.25, -0.2) is 0 Å². The van der Waals surface area contributed by atoms with Crippen LogP contribution in [0.2, 0.25) is 36.3 Å². The Balaban J connectivity index is 0.000000211. The SMILES string of the molecule is CC(C)(C)[Si](C)(C)O[C@@H]1[C@@H](CO)C[C@@H]2[C@H]1CO[C@@H]2O.CC(C)(C)[Si](C)(C)O[C@@H]1[C@@H](CO)C[C@@H]2[C@H]1CO[C@H]2O. The smallest absolute Gasteiger partial charge is 0.192 e. The van der Waals surface area contributed by atoms with Crippen molar-refractivity contribution in [3.63, 3.8) is 0 Å². The number of aliphatic hydroxyl groups is 4. The lowest BCUT2D eigenvalue weighted by Crippen LogP contribution is -2.47. The van der Waals surface area contributed by atoms with E-state index in [1.54, 1.807) is 0 Å². The van der Waals surface area contributed by atoms with Crippen LogP contribution >= 0.6 is 0 Å². The molecule has 2 aliphatic heterocycles. The van der Waals surface area contributed by atoms with Gasteiger partial charge in [0, 0.05) is 48.7 Å². The predicted octanol–water partition coefficient (Wildman–Crippen LogP) is 3.94. The van der Waals surface area contributed by atoms with Crippen molar-refractivity contribution in [2.45, 2.75) is 115 Å². The minimum atomic E-state index is -1.86. The second kappa shape index (κ2) is 11.8. The van der Waals surface area contributed by atoms with Crippen molar-refractivity contribution >= 4 is 16.6 Å². The van der Waals surface area contributed by atoms with Gasteiger partial charge >= 0.3 is 0 Å². The fraction of sp³-hybridized carbons (Fsp3) is 1.00. The van der Waals surface area contributed by atoms with Crippen LogP contribution in [0.1, 0.15) is 54.4 Å². The highest BCUT2D eigenvalue weighted by Gasteiger charge is 2.54. The maximum Gasteiger partial charge on any atom is 0.192 e. The van der Waals surface area contributed by atoms with E-state index in [-0.39, 0.29) is 71.0 Å². The molecule has 2 heterocycles. The summed E-state index contributed by atoms with van der Waals surface area (Å²) in [6.07, 6.45) is 0.337. The molecule has 0 aromatic heterocycles. The molecular weight excluding hydrogens is 520 g/mol. The van der Waals surface area contributed by atoms with Crippen molar-refractivity contribution < 1.29 is 38.8 Å². The van der Waals surface area contributed by atoms with Crippen molar-refractivity contribution in [3.8, 4) is 0 Å². The van der Waals surface area contributed by atoms with Gasteiger partial charge in [-0.1, -0.05) is 41.5 Å². The van der Waals surface area contributed by atoms with Crippen LogP contribution in [0.5, 0.6) is 0 Å². The summed E-state index contributed by atoms with van der Waals surface area (Å²) in [5.74, 6) is 1.02. The summed E-state index contributed by atoms with van der Waals surface area (Å²) in [4.78, 5) is 0. The fourth-order valence-corrected chi connectivity index (χ4v) is 8.82. The number of hydrogen-bond donors (Lipinski definition) is 4. The highest BCUT2D eigenvalue weighted by atomic mass is 28.4. The van der Waals surface area contributed by atoms with Crippen LogP contribution in [0.3, 0.4) is 0 Å². The van der Waals surface area contributed by atoms with E-state index in [0.717, 1.165) is 12.8 Å². The fourth-order valence-electron chi connectivity index (χ4n) is 6.02. The Kier molecular flexibility index (Phi) is 10.1. The summed E-state index contributed by atoms with van der Waals surface area (Å²) in [5.41, 5.74) is 0. The van der Waals surface area contributed by atoms with Gasteiger partial charge in [0.2, 0.25) is 0 Å². The lowest BCUT2D eigenvalue weighted by atomic mass is 9.98. The molecule has 2 saturated heterocycles. The monoisotopic (exact) mass is 576 g/mol. The number of fused-ring (bicyclic) bond motifs is 2. The third-order valence-corrected chi connectivity index (χ3v) is 19.6. The van der Waals surface area contributed by atoms with Crippen molar-refractivity contribution in [2.75, 3.05) is 26.4 Å². The topological polar surface area (TPSA) is 118 Å². The third kappa shape index (κ3) is 6.60. The molecule has 2 aliphatic carbocycles. The van der Waals surface area contributed by atoms with E-state index >= 15 is 0 Å². The molecule has 0 radical (unpaired) electrons. The highest BCUT2D eigenvalue weighted by Crippen LogP contribution is 2.49. The van der Waals surface area contributed by atoms with Crippen LogP contribution in [-0.4, -0.2) is 88.3 Å². The van der Waals surface area contributed by atoms with E-state index < -0.39 is 29.2 Å². The van der Waals surface area contributed by atoms with Crippen LogP contribution in [-0.2, 0) is 18.3 Å². The molecule has 8 nitrogen and oxygen atoms in total. The first-order valence-corrected chi connectivity index (χ1v) is 20.3. The van der Waals surface area contributed by atoms with Gasteiger partial charge in [-0.3, -0.25) is 0 Å². The van der Waals surface area contributed by atoms with Crippen molar-refractivity contribution in [2.24, 2.45) is 35.5 Å². The Hall–Kier alpha value is 0.114. The largest absolute Gasteiger partial charge is 0.413 e. The van der Waals surface area contributed by atoms with E-state index in [1.807, 2.05) is 0 Å². The second-order valence-corrected chi connectivity index (χ2v) is 24.7. The zero-order valence-electron chi connectivity index (χ0n) is 25.4. The molecule has 10 heteroatoms. The molecule has 4 N–H and O–H groups in total. The summed E-state index contributed by atoms with van der Waals surface area (Å²) >= 11 is 0. The normalized spacial score (nSPS) is 39.6. The molecule has 0 spiro atoms. The first-order chi connectivity index (χ1) is 17.3. The zero-order valence-corrected chi connectivity index (χ0v) is 27.4. The highest BCUT2D eigenvalue weighted by molar-refractivity contribution is 6.74. The molecule has 0 aromatic rings. The Labute approximate surface area is 232 Å². The van der Waals surface area contributed by atoms with Gasteiger partial charge in [-0.2, -0.15) is 0 Å². The number of aliphatic hydroxyl groups excluding tert-OH is 4. The Morgan fingerprint density at radius 2 is 0.947 bits per heavy atom. The predicted molar refractivity (Wildman–Crippen MR) is 152 cm³/mol. The van der Waals surface area contributed by atoms with Crippen LogP contribution in [0, 0.1) is 35.5 Å². The van der Waals surface area contributed by atoms with Crippen molar-refractivity contribution in [3.05, 3.63) is 0 Å². The molecule has 2 saturated carbocycles. The van der Waals surface area contributed by atoms with Crippen LogP contribution in [0.25, 0.3) is 0 Å². The molecule has 0 unspecified atom stereocenters. The van der Waals surface area contributed by atoms with Gasteiger partial charge in [0.25, 0.3) is 0 Å². The van der Waals surface area contributed by atoms with Gasteiger partial charge in [0.05, 0.1) is 25.4 Å². The van der Waals surface area contributed by atoms with E-state index in [0.29, 0.717) is 13.2 Å². The third-order valence-electron chi connectivity index (χ3n) is 10.6. The number of rotatable bonds is 6. The van der Waals surface area contributed by atoms with E-state index in [4.69, 9.17) is 18.3 Å². The van der Waals surface area contributed by atoms with Gasteiger partial charge in [-0.05, 0) is 49.1 Å². The summed E-state index contributed by atoms with van der Waals surface area (Å²) in [6, 6.07) is 0. The Morgan fingerprint density at radius 1 is 0.632 bits per heavy atom. The molecule has 0 aromatic carbocycles. The van der Waals surface area contributed by atoms with E-state index in [9.17, 15) is 20.4 Å². The van der Waals surface area contributed by atoms with Gasteiger partial charge < -0.3 is 38.8 Å². The Morgan fingerprint density at radius 3 is 1.21 bits per heavy atom. The molecule has 224 valence electrons. The van der Waals surface area contributed by atoms with Gasteiger partial charge in [-0.15, -0.1) is 0 Å². The van der Waals surface area contributed by atoms with Crippen LogP contribution in [0.4, 0.5) is 0 Å². The molecule has 0 bridgehead atoms. The number of ether oxygens (including phenoxy) is 2. The summed E-state index contributed by atoms with van der Waals surface area (Å²) in [6.45, 7) is 23.7. The lowest BCUT2D eigenvalue weighted by molar-refractivity contribution is -0.0875. The lowest BCUT2D eigenvalue weighted by Gasteiger charge is -2.41. The van der Waals surface area contributed by atoms with Crippen LogP contribution < -0.4 is 0 Å². The number of hydrogen-bond acceptors (Lipinski definition) is 8. The standard InChI is InChI=1S/2C14H28O4Si/c2*1-14(2,3)19(4,5)18-12-9(7-15)6-10-11(12)8-17-13(10)16/h2*9-13,15-16H,6-8H2,1-5H3/t9-,10-,11-,12-,13+;9-,10-,11-,12-,13-/m11/s1. The minimum Gasteiger partial charge on any atom is -0.413 e.